The number of nitrogens with one attached hydrogen (secondary N) is 3. The van der Waals surface area contributed by atoms with Gasteiger partial charge in [0.2, 0.25) is 15.9 Å². The fraction of sp³-hybridized carbons (Fsp3) is 0.300. The second-order valence-electron chi connectivity index (χ2n) is 7.28. The van der Waals surface area contributed by atoms with E-state index in [1.165, 1.54) is 0 Å². The number of halogens is 3. The first-order chi connectivity index (χ1) is 14.5. The summed E-state index contributed by atoms with van der Waals surface area (Å²) < 4.78 is 65.2. The summed E-state index contributed by atoms with van der Waals surface area (Å²) in [6, 6.07) is 10.1. The third-order valence-electron chi connectivity index (χ3n) is 4.58. The molecular formula is C20H21F3N4O3S. The number of benzene rings is 2. The van der Waals surface area contributed by atoms with Crippen LogP contribution in [-0.4, -0.2) is 30.8 Å². The molecule has 0 spiro atoms. The van der Waals surface area contributed by atoms with Crippen molar-refractivity contribution in [2.75, 3.05) is 6.54 Å². The van der Waals surface area contributed by atoms with Gasteiger partial charge in [0.15, 0.2) is 0 Å². The number of rotatable bonds is 7. The smallest absolute Gasteiger partial charge is 0.345 e. The number of fused-ring (bicyclic) bond motifs is 1. The number of nitrogens with zero attached hydrogens (tertiary/aromatic N) is 1. The Morgan fingerprint density at radius 3 is 2.48 bits per heavy atom. The number of hydrogen-bond donors (Lipinski definition) is 3. The van der Waals surface area contributed by atoms with Crippen LogP contribution >= 0.6 is 0 Å². The third kappa shape index (κ3) is 5.42. The van der Waals surface area contributed by atoms with Gasteiger partial charge in [0.1, 0.15) is 5.82 Å². The zero-order valence-electron chi connectivity index (χ0n) is 16.7. The minimum absolute atomic E-state index is 0.0652. The van der Waals surface area contributed by atoms with Crippen LogP contribution in [0.15, 0.2) is 53.4 Å². The molecule has 1 atom stereocenters. The van der Waals surface area contributed by atoms with E-state index in [0.29, 0.717) is 11.9 Å². The Morgan fingerprint density at radius 2 is 1.84 bits per heavy atom. The lowest BCUT2D eigenvalue weighted by Crippen LogP contribution is -2.40. The molecule has 0 aliphatic rings. The van der Waals surface area contributed by atoms with Crippen molar-refractivity contribution in [1.82, 2.24) is 20.0 Å². The van der Waals surface area contributed by atoms with Gasteiger partial charge >= 0.3 is 6.18 Å². The predicted molar refractivity (Wildman–Crippen MR) is 108 cm³/mol. The third-order valence-corrected chi connectivity index (χ3v) is 5.98. The Labute approximate surface area is 177 Å². The molecule has 0 saturated carbocycles. The first-order valence-corrected chi connectivity index (χ1v) is 10.9. The van der Waals surface area contributed by atoms with E-state index in [0.717, 1.165) is 29.2 Å². The maximum absolute atomic E-state index is 12.8. The largest absolute Gasteiger partial charge is 0.416 e. The maximum Gasteiger partial charge on any atom is 0.416 e. The van der Waals surface area contributed by atoms with Gasteiger partial charge in [0.05, 0.1) is 34.1 Å². The second-order valence-corrected chi connectivity index (χ2v) is 9.05. The van der Waals surface area contributed by atoms with Gasteiger partial charge in [0.25, 0.3) is 0 Å². The van der Waals surface area contributed by atoms with Crippen molar-refractivity contribution in [1.29, 1.82) is 0 Å². The molecule has 2 aromatic carbocycles. The van der Waals surface area contributed by atoms with Crippen molar-refractivity contribution < 1.29 is 26.4 Å². The number of carbonyl (C=O) groups is 1. The highest BCUT2D eigenvalue weighted by Gasteiger charge is 2.32. The molecule has 31 heavy (non-hydrogen) atoms. The first-order valence-electron chi connectivity index (χ1n) is 9.38. The molecule has 1 heterocycles. The minimum atomic E-state index is -4.68. The highest BCUT2D eigenvalue weighted by atomic mass is 32.2. The molecule has 0 aliphatic heterocycles. The van der Waals surface area contributed by atoms with E-state index < -0.39 is 45.2 Å². The SMILES string of the molecule is CC(C)C(NC(=O)CNS(=O)(=O)c1cccc(C(F)(F)F)c1)c1nc2ccccc2[nH]1. The lowest BCUT2D eigenvalue weighted by atomic mass is 10.0. The van der Waals surface area contributed by atoms with E-state index in [-0.39, 0.29) is 5.92 Å². The highest BCUT2D eigenvalue weighted by Crippen LogP contribution is 2.30. The molecule has 0 fully saturated rings. The van der Waals surface area contributed by atoms with Gasteiger partial charge in [-0.1, -0.05) is 32.0 Å². The van der Waals surface area contributed by atoms with Crippen molar-refractivity contribution in [3.63, 3.8) is 0 Å². The number of H-pyrrole nitrogens is 1. The maximum atomic E-state index is 12.8. The summed E-state index contributed by atoms with van der Waals surface area (Å²) in [4.78, 5) is 19.4. The lowest BCUT2D eigenvalue weighted by molar-refractivity contribution is -0.137. The van der Waals surface area contributed by atoms with E-state index in [1.807, 2.05) is 42.8 Å². The zero-order chi connectivity index (χ0) is 22.8. The highest BCUT2D eigenvalue weighted by molar-refractivity contribution is 7.89. The van der Waals surface area contributed by atoms with E-state index in [2.05, 4.69) is 15.3 Å². The number of alkyl halides is 3. The van der Waals surface area contributed by atoms with E-state index >= 15 is 0 Å². The Kier molecular flexibility index (Phi) is 6.37. The number of aromatic nitrogens is 2. The van der Waals surface area contributed by atoms with E-state index in [4.69, 9.17) is 0 Å². The van der Waals surface area contributed by atoms with Gasteiger partial charge in [-0.25, -0.2) is 18.1 Å². The number of sulfonamides is 1. The van der Waals surface area contributed by atoms with Gasteiger partial charge < -0.3 is 10.3 Å². The van der Waals surface area contributed by atoms with Crippen LogP contribution in [0.4, 0.5) is 13.2 Å². The Balaban J connectivity index is 1.70. The summed E-state index contributed by atoms with van der Waals surface area (Å²) in [6.45, 7) is 3.10. The summed E-state index contributed by atoms with van der Waals surface area (Å²) in [5.41, 5.74) is 0.426. The molecule has 7 nitrogen and oxygen atoms in total. The standard InChI is InChI=1S/C20H21F3N4O3S/c1-12(2)18(19-25-15-8-3-4-9-16(15)26-19)27-17(28)11-24-31(29,30)14-7-5-6-13(10-14)20(21,22)23/h3-10,12,18,24H,11H2,1-2H3,(H,25,26)(H,27,28). The van der Waals surface area contributed by atoms with Crippen LogP contribution < -0.4 is 10.0 Å². The Morgan fingerprint density at radius 1 is 1.13 bits per heavy atom. The molecule has 3 N–H and O–H groups in total. The van der Waals surface area contributed by atoms with Crippen molar-refractivity contribution in [2.45, 2.75) is 31.0 Å². The molecule has 1 amide bonds. The summed E-state index contributed by atoms with van der Waals surface area (Å²) in [7, 11) is -4.31. The Hall–Kier alpha value is -2.92. The summed E-state index contributed by atoms with van der Waals surface area (Å²) in [5.74, 6) is -0.190. The molecular weight excluding hydrogens is 433 g/mol. The van der Waals surface area contributed by atoms with Crippen LogP contribution in [0.5, 0.6) is 0 Å². The summed E-state index contributed by atoms with van der Waals surface area (Å²) in [6.07, 6.45) is -4.68. The predicted octanol–water partition coefficient (Wildman–Crippen LogP) is 3.37. The Bertz CT molecular complexity index is 1160. The van der Waals surface area contributed by atoms with Crippen LogP contribution in [0.2, 0.25) is 0 Å². The van der Waals surface area contributed by atoms with Crippen molar-refractivity contribution >= 4 is 27.0 Å². The average molecular weight is 454 g/mol. The molecule has 1 unspecified atom stereocenters. The van der Waals surface area contributed by atoms with Gasteiger partial charge in [-0.3, -0.25) is 4.79 Å². The molecule has 11 heteroatoms. The minimum Gasteiger partial charge on any atom is -0.345 e. The fourth-order valence-corrected chi connectivity index (χ4v) is 4.01. The van der Waals surface area contributed by atoms with Crippen LogP contribution in [0.25, 0.3) is 11.0 Å². The molecule has 0 saturated heterocycles. The molecule has 0 radical (unpaired) electrons. The quantitative estimate of drug-likeness (QED) is 0.509. The normalized spacial score (nSPS) is 13.5. The summed E-state index contributed by atoms with van der Waals surface area (Å²) >= 11 is 0. The van der Waals surface area contributed by atoms with Gasteiger partial charge in [-0.15, -0.1) is 0 Å². The van der Waals surface area contributed by atoms with Crippen LogP contribution in [0.3, 0.4) is 0 Å². The molecule has 1 aromatic heterocycles. The second kappa shape index (κ2) is 8.67. The zero-order valence-corrected chi connectivity index (χ0v) is 17.5. The summed E-state index contributed by atoms with van der Waals surface area (Å²) in [5, 5.41) is 2.71. The van der Waals surface area contributed by atoms with Crippen LogP contribution in [-0.2, 0) is 21.0 Å². The molecule has 3 rings (SSSR count). The molecule has 3 aromatic rings. The molecule has 0 bridgehead atoms. The molecule has 0 aliphatic carbocycles. The van der Waals surface area contributed by atoms with Crippen molar-refractivity contribution in [3.8, 4) is 0 Å². The van der Waals surface area contributed by atoms with Gasteiger partial charge in [0, 0.05) is 0 Å². The number of aromatic amines is 1. The number of hydrogen-bond acceptors (Lipinski definition) is 4. The first kappa shape index (κ1) is 22.8. The lowest BCUT2D eigenvalue weighted by Gasteiger charge is -2.20. The van der Waals surface area contributed by atoms with Gasteiger partial charge in [-0.2, -0.15) is 13.2 Å². The number of amides is 1. The number of imidazole rings is 1. The fourth-order valence-electron chi connectivity index (χ4n) is 2.98. The van der Waals surface area contributed by atoms with Crippen molar-refractivity contribution in [3.05, 3.63) is 59.9 Å². The van der Waals surface area contributed by atoms with Crippen LogP contribution in [0.1, 0.15) is 31.3 Å². The van der Waals surface area contributed by atoms with Crippen LogP contribution in [0, 0.1) is 5.92 Å². The topological polar surface area (TPSA) is 104 Å². The van der Waals surface area contributed by atoms with E-state index in [9.17, 15) is 26.4 Å². The van der Waals surface area contributed by atoms with E-state index in [1.54, 1.807) is 0 Å². The van der Waals surface area contributed by atoms with Gasteiger partial charge in [-0.05, 0) is 36.2 Å². The number of carbonyl (C=O) groups excluding carboxylic acids is 1. The monoisotopic (exact) mass is 454 g/mol. The van der Waals surface area contributed by atoms with Crippen molar-refractivity contribution in [2.24, 2.45) is 5.92 Å². The molecule has 166 valence electrons. The number of para-hydroxylation sites is 2. The average Bonchev–Trinajstić information content (AvgIpc) is 3.13.